The van der Waals surface area contributed by atoms with Gasteiger partial charge in [0.1, 0.15) is 0 Å². The second-order valence-corrected chi connectivity index (χ2v) is 4.83. The highest BCUT2D eigenvalue weighted by atomic mass is 15.2. The molecule has 0 radical (unpaired) electrons. The molecule has 3 unspecified atom stereocenters. The van der Waals surface area contributed by atoms with E-state index in [0.29, 0.717) is 6.04 Å². The molecule has 3 atom stereocenters. The van der Waals surface area contributed by atoms with Crippen LogP contribution in [-0.2, 0) is 0 Å². The Balaban J connectivity index is 1.75. The average Bonchev–Trinajstić information content (AvgIpc) is 2.79. The first-order valence-corrected chi connectivity index (χ1v) is 5.88. The lowest BCUT2D eigenvalue weighted by Crippen LogP contribution is -2.44. The van der Waals surface area contributed by atoms with Crippen LogP contribution in [0.2, 0.25) is 0 Å². The van der Waals surface area contributed by atoms with Crippen molar-refractivity contribution < 1.29 is 0 Å². The van der Waals surface area contributed by atoms with Gasteiger partial charge >= 0.3 is 0 Å². The molecule has 2 nitrogen and oxygen atoms in total. The summed E-state index contributed by atoms with van der Waals surface area (Å²) in [7, 11) is 0. The van der Waals surface area contributed by atoms with Crippen LogP contribution in [0.4, 0.5) is 0 Å². The SMILES string of the molecule is C=CCNCC(C)N1CC2CCC1C2. The maximum Gasteiger partial charge on any atom is 0.0195 e. The van der Waals surface area contributed by atoms with E-state index in [2.05, 4.69) is 23.7 Å². The van der Waals surface area contributed by atoms with Gasteiger partial charge in [0, 0.05) is 31.7 Å². The van der Waals surface area contributed by atoms with Crippen LogP contribution in [0.1, 0.15) is 26.2 Å². The smallest absolute Gasteiger partial charge is 0.0195 e. The Hall–Kier alpha value is -0.340. The topological polar surface area (TPSA) is 15.3 Å². The highest BCUT2D eigenvalue weighted by molar-refractivity contribution is 4.94. The van der Waals surface area contributed by atoms with Gasteiger partial charge in [-0.15, -0.1) is 6.58 Å². The number of nitrogens with zero attached hydrogens (tertiary/aromatic N) is 1. The summed E-state index contributed by atoms with van der Waals surface area (Å²) in [6.07, 6.45) is 6.32. The highest BCUT2D eigenvalue weighted by Gasteiger charge is 2.39. The van der Waals surface area contributed by atoms with Gasteiger partial charge in [0.25, 0.3) is 0 Å². The zero-order chi connectivity index (χ0) is 9.97. The molecular formula is C12H22N2. The summed E-state index contributed by atoms with van der Waals surface area (Å²) in [5.74, 6) is 1.02. The summed E-state index contributed by atoms with van der Waals surface area (Å²) < 4.78 is 0. The molecule has 1 saturated carbocycles. The normalized spacial score (nSPS) is 33.5. The van der Waals surface area contributed by atoms with Gasteiger partial charge in [-0.25, -0.2) is 0 Å². The predicted octanol–water partition coefficient (Wildman–Crippen LogP) is 1.63. The van der Waals surface area contributed by atoms with Crippen LogP contribution in [0.5, 0.6) is 0 Å². The zero-order valence-corrected chi connectivity index (χ0v) is 9.21. The van der Waals surface area contributed by atoms with Crippen molar-refractivity contribution in [1.82, 2.24) is 10.2 Å². The summed E-state index contributed by atoms with van der Waals surface area (Å²) in [5, 5.41) is 3.41. The summed E-state index contributed by atoms with van der Waals surface area (Å²) in [4.78, 5) is 2.70. The molecule has 0 aromatic carbocycles. The molecule has 2 fully saturated rings. The van der Waals surface area contributed by atoms with Crippen molar-refractivity contribution in [3.8, 4) is 0 Å². The number of rotatable bonds is 5. The highest BCUT2D eigenvalue weighted by Crippen LogP contribution is 2.38. The Bertz CT molecular complexity index is 202. The van der Waals surface area contributed by atoms with Crippen molar-refractivity contribution in [1.29, 1.82) is 0 Å². The molecule has 2 rings (SSSR count). The fourth-order valence-corrected chi connectivity index (χ4v) is 3.01. The van der Waals surface area contributed by atoms with Gasteiger partial charge in [0.15, 0.2) is 0 Å². The first-order chi connectivity index (χ1) is 6.81. The number of hydrogen-bond acceptors (Lipinski definition) is 2. The van der Waals surface area contributed by atoms with Gasteiger partial charge in [-0.1, -0.05) is 6.08 Å². The lowest BCUT2D eigenvalue weighted by atomic mass is 10.1. The van der Waals surface area contributed by atoms with Gasteiger partial charge < -0.3 is 5.32 Å². The molecule has 2 aliphatic rings. The van der Waals surface area contributed by atoms with E-state index in [9.17, 15) is 0 Å². The fourth-order valence-electron chi connectivity index (χ4n) is 3.01. The number of nitrogens with one attached hydrogen (secondary N) is 1. The summed E-state index contributed by atoms with van der Waals surface area (Å²) in [6.45, 7) is 9.45. The van der Waals surface area contributed by atoms with Crippen LogP contribution in [0, 0.1) is 5.92 Å². The lowest BCUT2D eigenvalue weighted by Gasteiger charge is -2.32. The molecule has 1 saturated heterocycles. The molecule has 2 heteroatoms. The van der Waals surface area contributed by atoms with Crippen molar-refractivity contribution in [2.45, 2.75) is 38.3 Å². The molecule has 0 aromatic rings. The van der Waals surface area contributed by atoms with Crippen LogP contribution in [-0.4, -0.2) is 36.6 Å². The summed E-state index contributed by atoms with van der Waals surface area (Å²) >= 11 is 0. The monoisotopic (exact) mass is 194 g/mol. The lowest BCUT2D eigenvalue weighted by molar-refractivity contribution is 0.157. The van der Waals surface area contributed by atoms with Gasteiger partial charge in [-0.3, -0.25) is 4.90 Å². The van der Waals surface area contributed by atoms with E-state index in [1.54, 1.807) is 0 Å². The number of fused-ring (bicyclic) bond motifs is 2. The molecule has 0 aromatic heterocycles. The van der Waals surface area contributed by atoms with E-state index < -0.39 is 0 Å². The van der Waals surface area contributed by atoms with E-state index in [1.807, 2.05) is 6.08 Å². The Kier molecular flexibility index (Phi) is 3.24. The third kappa shape index (κ3) is 2.01. The van der Waals surface area contributed by atoms with Gasteiger partial charge in [0.2, 0.25) is 0 Å². The zero-order valence-electron chi connectivity index (χ0n) is 9.21. The van der Waals surface area contributed by atoms with E-state index >= 15 is 0 Å². The van der Waals surface area contributed by atoms with Crippen molar-refractivity contribution in [2.24, 2.45) is 5.92 Å². The Morgan fingerprint density at radius 2 is 2.43 bits per heavy atom. The molecule has 1 aliphatic carbocycles. The van der Waals surface area contributed by atoms with Gasteiger partial charge in [0.05, 0.1) is 0 Å². The van der Waals surface area contributed by atoms with E-state index in [1.165, 1.54) is 25.8 Å². The summed E-state index contributed by atoms with van der Waals surface area (Å²) in [6, 6.07) is 1.60. The Morgan fingerprint density at radius 3 is 3.00 bits per heavy atom. The van der Waals surface area contributed by atoms with Crippen LogP contribution in [0.25, 0.3) is 0 Å². The number of hydrogen-bond donors (Lipinski definition) is 1. The molecule has 80 valence electrons. The molecule has 0 spiro atoms. The van der Waals surface area contributed by atoms with Crippen LogP contribution in [0.15, 0.2) is 12.7 Å². The molecule has 2 bridgehead atoms. The average molecular weight is 194 g/mol. The van der Waals surface area contributed by atoms with Crippen LogP contribution >= 0.6 is 0 Å². The van der Waals surface area contributed by atoms with Crippen molar-refractivity contribution >= 4 is 0 Å². The van der Waals surface area contributed by atoms with Crippen LogP contribution < -0.4 is 5.32 Å². The minimum absolute atomic E-state index is 0.699. The van der Waals surface area contributed by atoms with E-state index in [-0.39, 0.29) is 0 Å². The minimum Gasteiger partial charge on any atom is -0.312 e. The number of likely N-dealkylation sites (tertiary alicyclic amines) is 1. The van der Waals surface area contributed by atoms with E-state index in [4.69, 9.17) is 0 Å². The molecule has 0 amide bonds. The van der Waals surface area contributed by atoms with Crippen molar-refractivity contribution in [3.05, 3.63) is 12.7 Å². The van der Waals surface area contributed by atoms with E-state index in [0.717, 1.165) is 25.0 Å². The molecule has 14 heavy (non-hydrogen) atoms. The fraction of sp³-hybridized carbons (Fsp3) is 0.833. The quantitative estimate of drug-likeness (QED) is 0.528. The van der Waals surface area contributed by atoms with Gasteiger partial charge in [-0.05, 0) is 32.1 Å². The second kappa shape index (κ2) is 4.45. The maximum absolute atomic E-state index is 3.72. The number of piperidine rings is 1. The third-order valence-corrected chi connectivity index (χ3v) is 3.75. The van der Waals surface area contributed by atoms with Crippen LogP contribution in [0.3, 0.4) is 0 Å². The predicted molar refractivity (Wildman–Crippen MR) is 60.4 cm³/mol. The molecular weight excluding hydrogens is 172 g/mol. The first kappa shape index (κ1) is 10.2. The van der Waals surface area contributed by atoms with Crippen molar-refractivity contribution in [3.63, 3.8) is 0 Å². The molecule has 1 aliphatic heterocycles. The summed E-state index contributed by atoms with van der Waals surface area (Å²) in [5.41, 5.74) is 0. The third-order valence-electron chi connectivity index (χ3n) is 3.75. The largest absolute Gasteiger partial charge is 0.312 e. The Morgan fingerprint density at radius 1 is 1.57 bits per heavy atom. The molecule has 1 heterocycles. The Labute approximate surface area is 87.4 Å². The first-order valence-electron chi connectivity index (χ1n) is 5.88. The van der Waals surface area contributed by atoms with Crippen molar-refractivity contribution in [2.75, 3.05) is 19.6 Å². The maximum atomic E-state index is 3.72. The second-order valence-electron chi connectivity index (χ2n) is 4.83. The van der Waals surface area contributed by atoms with Gasteiger partial charge in [-0.2, -0.15) is 0 Å². The molecule has 1 N–H and O–H groups in total. The standard InChI is InChI=1S/C12H22N2/c1-3-6-13-8-10(2)14-9-11-4-5-12(14)7-11/h3,10-13H,1,4-9H2,2H3. The minimum atomic E-state index is 0.699.